The summed E-state index contributed by atoms with van der Waals surface area (Å²) < 4.78 is 13.7. The van der Waals surface area contributed by atoms with Crippen molar-refractivity contribution in [3.63, 3.8) is 0 Å². The number of para-hydroxylation sites is 4. The van der Waals surface area contributed by atoms with Gasteiger partial charge in [-0.05, 0) is 72.8 Å². The summed E-state index contributed by atoms with van der Waals surface area (Å²) in [4.78, 5) is 0. The van der Waals surface area contributed by atoms with Crippen molar-refractivity contribution in [2.45, 2.75) is 0 Å². The zero-order chi connectivity index (χ0) is 29.9. The molecule has 0 N–H and O–H groups in total. The third kappa shape index (κ3) is 2.98. The van der Waals surface area contributed by atoms with E-state index >= 15 is 0 Å². The van der Waals surface area contributed by atoms with E-state index in [0.717, 1.165) is 44.3 Å². The topological polar surface area (TPSA) is 27.9 Å². The van der Waals surface area contributed by atoms with Crippen LogP contribution in [0, 0.1) is 0 Å². The molecule has 0 amide bonds. The van der Waals surface area contributed by atoms with Crippen molar-refractivity contribution in [2.75, 3.05) is 0 Å². The van der Waals surface area contributed by atoms with Gasteiger partial charge in [0.1, 0.15) is 5.58 Å². The van der Waals surface area contributed by atoms with Gasteiger partial charge in [-0.1, -0.05) is 78.9 Å². The average molecular weight is 588 g/mol. The molecule has 7 aromatic carbocycles. The molecule has 0 radical (unpaired) electrons. The molecule has 0 saturated carbocycles. The molecule has 0 spiro atoms. The fourth-order valence-electron chi connectivity index (χ4n) is 7.98. The van der Waals surface area contributed by atoms with E-state index in [9.17, 15) is 0 Å². The standard InChI is InChI=1S/C42H25N3O/c1-2-11-26(12-3-1)43-34-17-9-19-36-40(34)41-35(43)18-10-20-37(41)44(36)27-23-24-33-31(25-27)28-13-4-6-16-32(28)45(33)38-21-8-15-30-29-14-5-7-22-39(29)46-42(30)38/h1-25H. The molecule has 0 atom stereocenters. The molecule has 46 heavy (non-hydrogen) atoms. The second-order valence-corrected chi connectivity index (χ2v) is 12.2. The van der Waals surface area contributed by atoms with E-state index < -0.39 is 0 Å². The highest BCUT2D eigenvalue weighted by Crippen LogP contribution is 2.43. The molecule has 214 valence electrons. The van der Waals surface area contributed by atoms with Gasteiger partial charge in [0.15, 0.2) is 5.58 Å². The normalized spacial score (nSPS) is 12.3. The second-order valence-electron chi connectivity index (χ2n) is 12.2. The molecule has 4 aromatic heterocycles. The summed E-state index contributed by atoms with van der Waals surface area (Å²) in [5.74, 6) is 0. The Morgan fingerprint density at radius 3 is 1.67 bits per heavy atom. The number of furan rings is 1. The summed E-state index contributed by atoms with van der Waals surface area (Å²) in [5.41, 5.74) is 12.4. The first-order chi connectivity index (χ1) is 22.8. The van der Waals surface area contributed by atoms with Gasteiger partial charge < -0.3 is 18.1 Å². The summed E-state index contributed by atoms with van der Waals surface area (Å²) in [6, 6.07) is 54.4. The van der Waals surface area contributed by atoms with Crippen LogP contribution < -0.4 is 0 Å². The molecule has 0 aliphatic rings. The molecule has 0 unspecified atom stereocenters. The number of aromatic nitrogens is 3. The summed E-state index contributed by atoms with van der Waals surface area (Å²) in [6.45, 7) is 0. The quantitative estimate of drug-likeness (QED) is 0.202. The molecule has 4 heterocycles. The molecule has 0 saturated heterocycles. The van der Waals surface area contributed by atoms with Crippen LogP contribution in [0.3, 0.4) is 0 Å². The lowest BCUT2D eigenvalue weighted by Gasteiger charge is -2.13. The Kier molecular flexibility index (Phi) is 4.55. The third-order valence-electron chi connectivity index (χ3n) is 9.81. The van der Waals surface area contributed by atoms with E-state index in [2.05, 4.69) is 153 Å². The first-order valence-corrected chi connectivity index (χ1v) is 15.7. The molecule has 0 bridgehead atoms. The van der Waals surface area contributed by atoms with Crippen LogP contribution in [-0.2, 0) is 0 Å². The smallest absolute Gasteiger partial charge is 0.159 e. The zero-order valence-electron chi connectivity index (χ0n) is 24.7. The number of hydrogen-bond acceptors (Lipinski definition) is 1. The van der Waals surface area contributed by atoms with Gasteiger partial charge >= 0.3 is 0 Å². The fraction of sp³-hybridized carbons (Fsp3) is 0. The number of fused-ring (bicyclic) bond motifs is 6. The minimum absolute atomic E-state index is 0.906. The van der Waals surface area contributed by atoms with Crippen molar-refractivity contribution in [1.82, 2.24) is 13.7 Å². The van der Waals surface area contributed by atoms with Crippen LogP contribution in [-0.4, -0.2) is 13.7 Å². The minimum atomic E-state index is 0.906. The summed E-state index contributed by atoms with van der Waals surface area (Å²) >= 11 is 0. The summed E-state index contributed by atoms with van der Waals surface area (Å²) in [7, 11) is 0. The van der Waals surface area contributed by atoms with Gasteiger partial charge in [0.2, 0.25) is 0 Å². The van der Waals surface area contributed by atoms with Gasteiger partial charge in [-0.25, -0.2) is 0 Å². The Hall–Kier alpha value is -6.26. The van der Waals surface area contributed by atoms with Crippen molar-refractivity contribution >= 4 is 76.6 Å². The number of hydrogen-bond donors (Lipinski definition) is 0. The molecule has 11 rings (SSSR count). The Morgan fingerprint density at radius 2 is 0.913 bits per heavy atom. The highest BCUT2D eigenvalue weighted by atomic mass is 16.3. The zero-order valence-corrected chi connectivity index (χ0v) is 24.7. The van der Waals surface area contributed by atoms with Crippen LogP contribution in [0.15, 0.2) is 156 Å². The fourth-order valence-corrected chi connectivity index (χ4v) is 7.98. The van der Waals surface area contributed by atoms with Crippen molar-refractivity contribution in [3.05, 3.63) is 152 Å². The SMILES string of the molecule is c1ccc(-n2c3cccc4c3c3c2cccc3n4-c2ccc3c(c2)c2ccccc2n3-c2cccc3c2oc2ccccc23)cc1. The molecule has 11 aromatic rings. The largest absolute Gasteiger partial charge is 0.454 e. The Balaban J connectivity index is 1.20. The van der Waals surface area contributed by atoms with E-state index in [1.165, 1.54) is 49.3 Å². The van der Waals surface area contributed by atoms with Gasteiger partial charge in [0.05, 0.1) is 38.8 Å². The average Bonchev–Trinajstić information content (AvgIpc) is 3.85. The van der Waals surface area contributed by atoms with Crippen LogP contribution in [0.1, 0.15) is 0 Å². The first kappa shape index (κ1) is 24.1. The molecule has 4 heteroatoms. The molecule has 4 nitrogen and oxygen atoms in total. The van der Waals surface area contributed by atoms with E-state index in [1.54, 1.807) is 0 Å². The van der Waals surface area contributed by atoms with E-state index in [4.69, 9.17) is 4.42 Å². The van der Waals surface area contributed by atoms with E-state index in [-0.39, 0.29) is 0 Å². The van der Waals surface area contributed by atoms with Crippen molar-refractivity contribution in [1.29, 1.82) is 0 Å². The highest BCUT2D eigenvalue weighted by Gasteiger charge is 2.23. The van der Waals surface area contributed by atoms with Crippen molar-refractivity contribution < 1.29 is 4.42 Å². The maximum Gasteiger partial charge on any atom is 0.159 e. The van der Waals surface area contributed by atoms with Crippen LogP contribution in [0.4, 0.5) is 0 Å². The van der Waals surface area contributed by atoms with E-state index in [0.29, 0.717) is 0 Å². The lowest BCUT2D eigenvalue weighted by atomic mass is 10.1. The summed E-state index contributed by atoms with van der Waals surface area (Å²) in [6.07, 6.45) is 0. The van der Waals surface area contributed by atoms with Crippen LogP contribution in [0.2, 0.25) is 0 Å². The third-order valence-corrected chi connectivity index (χ3v) is 9.81. The molecule has 0 aliphatic heterocycles. The maximum absolute atomic E-state index is 6.51. The van der Waals surface area contributed by atoms with Gasteiger partial charge in [-0.15, -0.1) is 0 Å². The van der Waals surface area contributed by atoms with Crippen LogP contribution in [0.25, 0.3) is 93.6 Å². The van der Waals surface area contributed by atoms with E-state index in [1.807, 2.05) is 12.1 Å². The molecular formula is C42H25N3O. The Labute approximate surface area is 262 Å². The van der Waals surface area contributed by atoms with Gasteiger partial charge in [0.25, 0.3) is 0 Å². The Morgan fingerprint density at radius 1 is 0.348 bits per heavy atom. The Bertz CT molecular complexity index is 2900. The number of benzene rings is 7. The van der Waals surface area contributed by atoms with Crippen molar-refractivity contribution in [3.8, 4) is 17.1 Å². The lowest BCUT2D eigenvalue weighted by molar-refractivity contribution is 0.666. The number of nitrogens with zero attached hydrogens (tertiary/aromatic N) is 3. The van der Waals surface area contributed by atoms with Gasteiger partial charge in [-0.3, -0.25) is 0 Å². The molecule has 0 fully saturated rings. The lowest BCUT2D eigenvalue weighted by Crippen LogP contribution is -1.98. The van der Waals surface area contributed by atoms with Crippen molar-refractivity contribution in [2.24, 2.45) is 0 Å². The molecule has 0 aliphatic carbocycles. The number of rotatable bonds is 3. The van der Waals surface area contributed by atoms with Gasteiger partial charge in [0, 0.05) is 43.7 Å². The van der Waals surface area contributed by atoms with Gasteiger partial charge in [-0.2, -0.15) is 0 Å². The first-order valence-electron chi connectivity index (χ1n) is 15.7. The predicted octanol–water partition coefficient (Wildman–Crippen LogP) is 11.2. The van der Waals surface area contributed by atoms with Crippen LogP contribution in [0.5, 0.6) is 0 Å². The minimum Gasteiger partial charge on any atom is -0.454 e. The summed E-state index contributed by atoms with van der Waals surface area (Å²) in [5, 5.41) is 7.31. The maximum atomic E-state index is 6.51. The highest BCUT2D eigenvalue weighted by molar-refractivity contribution is 6.25. The second kappa shape index (κ2) is 8.68. The predicted molar refractivity (Wildman–Crippen MR) is 190 cm³/mol. The monoisotopic (exact) mass is 587 g/mol. The molecular weight excluding hydrogens is 562 g/mol. The van der Waals surface area contributed by atoms with Crippen LogP contribution >= 0.6 is 0 Å².